The van der Waals surface area contributed by atoms with Crippen molar-refractivity contribution in [3.8, 4) is 0 Å². The lowest BCUT2D eigenvalue weighted by Crippen LogP contribution is -2.49. The first-order valence-corrected chi connectivity index (χ1v) is 11.5. The van der Waals surface area contributed by atoms with Gasteiger partial charge < -0.3 is 4.74 Å². The Bertz CT molecular complexity index is 805. The van der Waals surface area contributed by atoms with Crippen LogP contribution in [-0.2, 0) is 24.0 Å². The van der Waals surface area contributed by atoms with Gasteiger partial charge in [0.05, 0.1) is 18.4 Å². The Morgan fingerprint density at radius 2 is 1.48 bits per heavy atom. The van der Waals surface area contributed by atoms with Crippen molar-refractivity contribution in [3.63, 3.8) is 0 Å². The molecule has 0 aromatic rings. The van der Waals surface area contributed by atoms with E-state index in [0.717, 1.165) is 25.7 Å². The summed E-state index contributed by atoms with van der Waals surface area (Å²) in [5.41, 5.74) is -0.161. The topological polar surface area (TPSA) is 72.9 Å². The van der Waals surface area contributed by atoms with Gasteiger partial charge >= 0.3 is 11.9 Å². The van der Waals surface area contributed by atoms with E-state index < -0.39 is 42.1 Å². The van der Waals surface area contributed by atoms with Gasteiger partial charge in [0.25, 0.3) is 11.8 Å². The smallest absolute Gasteiger partial charge is 0.379 e. The number of hydrogen-bond acceptors (Lipinski definition) is 5. The van der Waals surface area contributed by atoms with E-state index in [1.165, 1.54) is 19.3 Å². The van der Waals surface area contributed by atoms with Crippen LogP contribution in [0, 0.1) is 46.8 Å². The van der Waals surface area contributed by atoms with Crippen LogP contribution in [0.1, 0.15) is 44.9 Å². The molecule has 7 aliphatic rings. The molecule has 0 radical (unpaired) electrons. The number of rotatable bonds is 6. The first-order valence-electron chi connectivity index (χ1n) is 11.5. The summed E-state index contributed by atoms with van der Waals surface area (Å²) in [6.45, 7) is -1.35. The van der Waals surface area contributed by atoms with Crippen molar-refractivity contribution in [1.82, 2.24) is 5.06 Å². The zero-order valence-electron chi connectivity index (χ0n) is 17.3. The highest BCUT2D eigenvalue weighted by Gasteiger charge is 2.61. The van der Waals surface area contributed by atoms with Gasteiger partial charge in [0.15, 0.2) is 6.61 Å². The van der Waals surface area contributed by atoms with Crippen LogP contribution in [0.3, 0.4) is 0 Å². The molecule has 0 aromatic carbocycles. The third kappa shape index (κ3) is 3.00. The SMILES string of the molecule is O=C1C2C3C=CC(C3)C2C(=O)N1OCC(F)(F)C(=O)OCC12CC3CC(CC(C3)C1)C2. The van der Waals surface area contributed by atoms with E-state index in [4.69, 9.17) is 9.57 Å². The molecular formula is C23H27F2NO5. The van der Waals surface area contributed by atoms with Crippen molar-refractivity contribution in [1.29, 1.82) is 0 Å². The number of halogens is 2. The number of hydroxylamine groups is 2. The summed E-state index contributed by atoms with van der Waals surface area (Å²) < 4.78 is 34.1. The largest absolute Gasteiger partial charge is 0.461 e. The van der Waals surface area contributed by atoms with Crippen molar-refractivity contribution in [2.45, 2.75) is 50.9 Å². The Morgan fingerprint density at radius 1 is 0.968 bits per heavy atom. The average molecular weight is 435 g/mol. The quantitative estimate of drug-likeness (QED) is 0.364. The summed E-state index contributed by atoms with van der Waals surface area (Å²) >= 11 is 0. The number of imide groups is 1. The van der Waals surface area contributed by atoms with E-state index in [1.54, 1.807) is 0 Å². The number of nitrogens with zero attached hydrogens (tertiary/aromatic N) is 1. The molecule has 7 rings (SSSR count). The Hall–Kier alpha value is -1.83. The summed E-state index contributed by atoms with van der Waals surface area (Å²) in [6, 6.07) is 0. The van der Waals surface area contributed by atoms with Gasteiger partial charge in [-0.05, 0) is 74.5 Å². The molecule has 6 fully saturated rings. The number of carbonyl (C=O) groups is 3. The van der Waals surface area contributed by atoms with Gasteiger partial charge in [-0.25, -0.2) is 4.79 Å². The summed E-state index contributed by atoms with van der Waals surface area (Å²) in [5.74, 6) is -5.95. The van der Waals surface area contributed by atoms with Gasteiger partial charge in [-0.1, -0.05) is 12.2 Å². The predicted molar refractivity (Wildman–Crippen MR) is 102 cm³/mol. The van der Waals surface area contributed by atoms with Gasteiger partial charge in [0.2, 0.25) is 0 Å². The first-order chi connectivity index (χ1) is 14.7. The van der Waals surface area contributed by atoms with E-state index in [-0.39, 0.29) is 23.9 Å². The molecule has 1 aliphatic heterocycles. The molecule has 0 spiro atoms. The maximum Gasteiger partial charge on any atom is 0.379 e. The average Bonchev–Trinajstić information content (AvgIpc) is 3.38. The number of hydrogen-bond donors (Lipinski definition) is 0. The lowest BCUT2D eigenvalue weighted by molar-refractivity contribution is -0.222. The standard InChI is InChI=1S/C23H27F2NO5/c24-23(25,11-31-26-19(27)17-15-1-2-16(6-15)18(17)20(26)28)21(29)30-10-22-7-12-3-13(8-22)5-14(4-12)9-22/h1-2,12-18H,3-11H2. The molecule has 31 heavy (non-hydrogen) atoms. The molecule has 4 unspecified atom stereocenters. The highest BCUT2D eigenvalue weighted by Crippen LogP contribution is 2.60. The zero-order chi connectivity index (χ0) is 21.5. The summed E-state index contributed by atoms with van der Waals surface area (Å²) in [5, 5.41) is 0.460. The highest BCUT2D eigenvalue weighted by atomic mass is 19.3. The van der Waals surface area contributed by atoms with E-state index in [2.05, 4.69) is 0 Å². The Morgan fingerprint density at radius 3 is 2.00 bits per heavy atom. The number of esters is 1. The fraction of sp³-hybridized carbons (Fsp3) is 0.783. The van der Waals surface area contributed by atoms with Crippen LogP contribution in [0.4, 0.5) is 8.78 Å². The number of fused-ring (bicyclic) bond motifs is 5. The third-order valence-electron chi connectivity index (χ3n) is 8.78. The molecule has 5 saturated carbocycles. The molecule has 1 saturated heterocycles. The van der Waals surface area contributed by atoms with Crippen LogP contribution < -0.4 is 0 Å². The minimum absolute atomic E-state index is 0.0195. The van der Waals surface area contributed by atoms with Gasteiger partial charge in [-0.2, -0.15) is 13.8 Å². The third-order valence-corrected chi connectivity index (χ3v) is 8.78. The van der Waals surface area contributed by atoms with Crippen molar-refractivity contribution >= 4 is 17.8 Å². The second kappa shape index (κ2) is 6.59. The molecular weight excluding hydrogens is 408 g/mol. The maximum absolute atomic E-state index is 14.5. The molecule has 6 bridgehead atoms. The number of amides is 2. The maximum atomic E-state index is 14.5. The van der Waals surface area contributed by atoms with Crippen LogP contribution in [0.2, 0.25) is 0 Å². The minimum atomic E-state index is -3.92. The van der Waals surface area contributed by atoms with Crippen molar-refractivity contribution < 1.29 is 32.7 Å². The molecule has 2 amide bonds. The first kappa shape index (κ1) is 19.8. The molecule has 0 N–H and O–H groups in total. The molecule has 168 valence electrons. The lowest BCUT2D eigenvalue weighted by atomic mass is 9.50. The Balaban J connectivity index is 1.06. The molecule has 1 heterocycles. The second-order valence-electron chi connectivity index (χ2n) is 10.9. The Labute approximate surface area is 179 Å². The van der Waals surface area contributed by atoms with Crippen LogP contribution in [0.5, 0.6) is 0 Å². The zero-order valence-corrected chi connectivity index (χ0v) is 17.3. The second-order valence-corrected chi connectivity index (χ2v) is 10.9. The summed E-state index contributed by atoms with van der Waals surface area (Å²) in [7, 11) is 0. The van der Waals surface area contributed by atoms with E-state index >= 15 is 0 Å². The predicted octanol–water partition coefficient (Wildman–Crippen LogP) is 3.12. The van der Waals surface area contributed by atoms with Crippen molar-refractivity contribution in [3.05, 3.63) is 12.2 Å². The number of carbonyl (C=O) groups excluding carboxylic acids is 3. The van der Waals surface area contributed by atoms with E-state index in [9.17, 15) is 23.2 Å². The highest BCUT2D eigenvalue weighted by molar-refractivity contribution is 6.05. The summed E-state index contributed by atoms with van der Waals surface area (Å²) in [6.07, 6.45) is 11.1. The van der Waals surface area contributed by atoms with Gasteiger partial charge in [-0.15, -0.1) is 0 Å². The van der Waals surface area contributed by atoms with Gasteiger partial charge in [0.1, 0.15) is 0 Å². The lowest BCUT2D eigenvalue weighted by Gasteiger charge is -2.56. The van der Waals surface area contributed by atoms with Gasteiger partial charge in [0, 0.05) is 5.41 Å². The van der Waals surface area contributed by atoms with Crippen LogP contribution in [0.25, 0.3) is 0 Å². The molecule has 0 aromatic heterocycles. The minimum Gasteiger partial charge on any atom is -0.461 e. The van der Waals surface area contributed by atoms with Crippen LogP contribution in [-0.4, -0.2) is 42.0 Å². The van der Waals surface area contributed by atoms with E-state index in [1.807, 2.05) is 12.2 Å². The van der Waals surface area contributed by atoms with Crippen molar-refractivity contribution in [2.75, 3.05) is 13.2 Å². The molecule has 6 aliphatic carbocycles. The van der Waals surface area contributed by atoms with Crippen molar-refractivity contribution in [2.24, 2.45) is 46.8 Å². The Kier molecular flexibility index (Phi) is 4.22. The number of alkyl halides is 2. The van der Waals surface area contributed by atoms with E-state index in [0.29, 0.717) is 22.8 Å². The fourth-order valence-electron chi connectivity index (χ4n) is 8.00. The molecule has 6 nitrogen and oxygen atoms in total. The van der Waals surface area contributed by atoms with Gasteiger partial charge in [-0.3, -0.25) is 14.4 Å². The fourth-order valence-corrected chi connectivity index (χ4v) is 8.00. The molecule has 4 atom stereocenters. The number of ether oxygens (including phenoxy) is 1. The molecule has 8 heteroatoms. The monoisotopic (exact) mass is 435 g/mol. The van der Waals surface area contributed by atoms with Crippen LogP contribution in [0.15, 0.2) is 12.2 Å². The normalized spacial score (nSPS) is 44.5. The van der Waals surface area contributed by atoms with Crippen LogP contribution >= 0.6 is 0 Å². The number of allylic oxidation sites excluding steroid dienone is 2. The summed E-state index contributed by atoms with van der Waals surface area (Å²) in [4.78, 5) is 42.2.